The van der Waals surface area contributed by atoms with E-state index in [-0.39, 0.29) is 0 Å². The van der Waals surface area contributed by atoms with Crippen LogP contribution >= 0.6 is 0 Å². The molecule has 12 aromatic rings. The van der Waals surface area contributed by atoms with Crippen molar-refractivity contribution in [3.05, 3.63) is 245 Å². The number of nitrogens with zero attached hydrogens (tertiary/aromatic N) is 4. The monoisotopic (exact) mass is 1130 g/mol. The minimum atomic E-state index is 0.597. The predicted molar refractivity (Wildman–Crippen MR) is 297 cm³/mol. The molecule has 0 N–H and O–H groups in total. The average molecular weight is 1130 g/mol. The van der Waals surface area contributed by atoms with Crippen LogP contribution in [0.1, 0.15) is 60.3 Å². The van der Waals surface area contributed by atoms with E-state index in [4.69, 9.17) is 9.72 Å². The van der Waals surface area contributed by atoms with Gasteiger partial charge in [0, 0.05) is 11.8 Å². The standard InChI is InChI=1S/C68H50N4O.Pt/c1-45-38-66(69-43-61(45)49-34-32-47(33-35-49)46-18-5-2-6-19-46)72-62-29-14-13-28-56(62)57-37-36-54(41-65(57)72)73-53-26-17-25-52(40-53)70-44-71(64-31-16-15-30-63(64)70)68-58(48-20-7-3-8-21-48)42-59-55-27-12-11-24-51(55)39-60(59)67(68)50-22-9-4-10-23-50;/h3-4,7-17,20-38,42-43,46H,2,5-6,18-19,39H2,1H3;/q-2;. The Balaban J connectivity index is 0.865. The Bertz CT molecular complexity index is 4200. The molecule has 1 saturated carbocycles. The van der Waals surface area contributed by atoms with Crippen molar-refractivity contribution < 1.29 is 24.1 Å². The molecule has 0 aliphatic heterocycles. The van der Waals surface area contributed by atoms with Crippen molar-refractivity contribution >= 4 is 32.8 Å². The van der Waals surface area contributed by atoms with Crippen LogP contribution in [-0.4, -0.2) is 18.7 Å². The Morgan fingerprint density at radius 2 is 1.20 bits per heavy atom. The van der Waals surface area contributed by atoms with Crippen LogP contribution in [0, 0.1) is 22.9 Å². The molecule has 1 fully saturated rings. The van der Waals surface area contributed by atoms with Gasteiger partial charge in [-0.25, -0.2) is 0 Å². The number of benzene rings is 9. The Labute approximate surface area is 442 Å². The molecule has 0 radical (unpaired) electrons. The number of hydrogen-bond acceptors (Lipinski definition) is 2. The number of aromatic nitrogens is 4. The van der Waals surface area contributed by atoms with E-state index < -0.39 is 0 Å². The summed E-state index contributed by atoms with van der Waals surface area (Å²) < 4.78 is 14.8. The SMILES string of the molecule is Cc1cc(-n2c3[c-]c(Oc4[c-]c(-n5[c](=[Pt])n(-c6c(-c7ccccc7)cc7c(c6-c6ccccc6)Cc6ccccc6-7)c6ccccc65)ccc4)ccc3c3ccccc32)ncc1-c1ccc(C2CCCCC2)cc1. The Morgan fingerprint density at radius 3 is 1.99 bits per heavy atom. The van der Waals surface area contributed by atoms with Crippen molar-refractivity contribution in [3.8, 4) is 73.2 Å². The molecule has 0 spiro atoms. The van der Waals surface area contributed by atoms with Gasteiger partial charge in [-0.15, -0.1) is 0 Å². The first-order valence-electron chi connectivity index (χ1n) is 25.8. The molecule has 0 saturated heterocycles. The number of ether oxygens (including phenoxy) is 1. The van der Waals surface area contributed by atoms with E-state index in [9.17, 15) is 0 Å². The summed E-state index contributed by atoms with van der Waals surface area (Å²) in [6.07, 6.45) is 9.53. The predicted octanol–water partition coefficient (Wildman–Crippen LogP) is 17.3. The van der Waals surface area contributed by atoms with Crippen molar-refractivity contribution in [3.63, 3.8) is 0 Å². The third-order valence-corrected chi connectivity index (χ3v) is 16.6. The van der Waals surface area contributed by atoms with Gasteiger partial charge in [0.1, 0.15) is 0 Å². The van der Waals surface area contributed by atoms with Crippen molar-refractivity contribution in [1.82, 2.24) is 18.7 Å². The van der Waals surface area contributed by atoms with Crippen LogP contribution in [0.15, 0.2) is 206 Å². The molecule has 2 aliphatic rings. The summed E-state index contributed by atoms with van der Waals surface area (Å²) in [6, 6.07) is 79.5. The molecule has 0 atom stereocenters. The zero-order valence-electron chi connectivity index (χ0n) is 41.0. The van der Waals surface area contributed by atoms with Gasteiger partial charge in [0.2, 0.25) is 0 Å². The molecule has 14 rings (SSSR count). The van der Waals surface area contributed by atoms with Crippen LogP contribution in [0.25, 0.3) is 94.5 Å². The second-order valence-corrected chi connectivity index (χ2v) is 20.9. The average Bonchev–Trinajstić information content (AvgIpc) is 4.12. The Hall–Kier alpha value is -8.11. The molecule has 3 heterocycles. The van der Waals surface area contributed by atoms with Crippen LogP contribution in [-0.2, 0) is 25.8 Å². The summed E-state index contributed by atoms with van der Waals surface area (Å²) in [5.41, 5.74) is 21.2. The van der Waals surface area contributed by atoms with Crippen molar-refractivity contribution in [1.29, 1.82) is 0 Å². The molecule has 74 heavy (non-hydrogen) atoms. The third kappa shape index (κ3) is 7.55. The third-order valence-electron chi connectivity index (χ3n) is 15.6. The van der Waals surface area contributed by atoms with Gasteiger partial charge in [0.15, 0.2) is 0 Å². The summed E-state index contributed by atoms with van der Waals surface area (Å²) in [7, 11) is 0. The van der Waals surface area contributed by atoms with Gasteiger partial charge in [-0.3, -0.25) is 0 Å². The summed E-state index contributed by atoms with van der Waals surface area (Å²) in [5, 5.41) is 2.23. The zero-order chi connectivity index (χ0) is 49.3. The van der Waals surface area contributed by atoms with Crippen molar-refractivity contribution in [2.75, 3.05) is 0 Å². The number of imidazole rings is 1. The Morgan fingerprint density at radius 1 is 0.527 bits per heavy atom. The van der Waals surface area contributed by atoms with E-state index in [1.54, 1.807) is 0 Å². The maximum absolute atomic E-state index is 6.80. The van der Waals surface area contributed by atoms with E-state index in [2.05, 4.69) is 240 Å². The molecule has 360 valence electrons. The molecule has 9 aromatic carbocycles. The van der Waals surface area contributed by atoms with Gasteiger partial charge in [-0.1, -0.05) is 55.7 Å². The van der Waals surface area contributed by atoms with E-state index in [0.717, 1.165) is 65.8 Å². The van der Waals surface area contributed by atoms with Crippen molar-refractivity contribution in [2.45, 2.75) is 51.4 Å². The van der Waals surface area contributed by atoms with E-state index in [1.165, 1.54) is 93.3 Å². The molecular formula is C68H50N4OPt-2. The summed E-state index contributed by atoms with van der Waals surface area (Å²) in [4.78, 5) is 5.15. The number of pyridine rings is 1. The molecule has 6 heteroatoms. The van der Waals surface area contributed by atoms with Gasteiger partial charge in [0.25, 0.3) is 0 Å². The molecule has 0 bridgehead atoms. The van der Waals surface area contributed by atoms with Gasteiger partial charge < -0.3 is 0 Å². The first kappa shape index (κ1) is 44.6. The minimum Gasteiger partial charge on any atom is -0.0581 e. The van der Waals surface area contributed by atoms with E-state index in [0.29, 0.717) is 17.4 Å². The first-order valence-corrected chi connectivity index (χ1v) is 27.0. The molecule has 5 nitrogen and oxygen atoms in total. The van der Waals surface area contributed by atoms with Crippen molar-refractivity contribution in [2.24, 2.45) is 0 Å². The second kappa shape index (κ2) is 18.4. The first-order chi connectivity index (χ1) is 36.5. The van der Waals surface area contributed by atoms with Crippen LogP contribution in [0.3, 0.4) is 0 Å². The Kier molecular flexibility index (Phi) is 11.1. The van der Waals surface area contributed by atoms with Gasteiger partial charge in [-0.2, -0.15) is 0 Å². The van der Waals surface area contributed by atoms with E-state index in [1.807, 2.05) is 18.3 Å². The van der Waals surface area contributed by atoms with Crippen LogP contribution < -0.4 is 4.74 Å². The minimum absolute atomic E-state index is 0.597. The van der Waals surface area contributed by atoms with Gasteiger partial charge in [0.05, 0.1) is 0 Å². The molecule has 3 aromatic heterocycles. The molecular weight excluding hydrogens is 1080 g/mol. The quantitative estimate of drug-likeness (QED) is 0.135. The molecule has 2 aliphatic carbocycles. The van der Waals surface area contributed by atoms with Crippen LogP contribution in [0.2, 0.25) is 0 Å². The fraction of sp³-hybridized carbons (Fsp3) is 0.118. The second-order valence-electron chi connectivity index (χ2n) is 19.9. The van der Waals surface area contributed by atoms with E-state index >= 15 is 0 Å². The maximum atomic E-state index is 6.80. The summed E-state index contributed by atoms with van der Waals surface area (Å²) in [5.74, 6) is 2.73. The van der Waals surface area contributed by atoms with Gasteiger partial charge in [-0.05, 0) is 42.4 Å². The molecule has 0 amide bonds. The van der Waals surface area contributed by atoms with Crippen LogP contribution in [0.4, 0.5) is 0 Å². The van der Waals surface area contributed by atoms with Crippen LogP contribution in [0.5, 0.6) is 11.5 Å². The smallest absolute Gasteiger partial charge is 0.0581 e. The fourth-order valence-electron chi connectivity index (χ4n) is 12.1. The van der Waals surface area contributed by atoms with Gasteiger partial charge >= 0.3 is 335 Å². The summed E-state index contributed by atoms with van der Waals surface area (Å²) in [6.45, 7) is 2.19. The zero-order valence-corrected chi connectivity index (χ0v) is 43.2. The fourth-order valence-corrected chi connectivity index (χ4v) is 13.1. The number of rotatable bonds is 9. The molecule has 0 unspecified atom stereocenters. The number of para-hydroxylation sites is 3. The normalized spacial score (nSPS) is 13.4. The number of hydrogen-bond donors (Lipinski definition) is 0. The number of fused-ring (bicyclic) bond motifs is 7. The number of aryl methyl sites for hydroxylation is 1. The summed E-state index contributed by atoms with van der Waals surface area (Å²) >= 11 is 2.53. The topological polar surface area (TPSA) is 36.9 Å².